The van der Waals surface area contributed by atoms with Crippen LogP contribution in [0.25, 0.3) is 0 Å². The first-order valence-electron chi connectivity index (χ1n) is 9.86. The van der Waals surface area contributed by atoms with E-state index >= 15 is 0 Å². The highest BCUT2D eigenvalue weighted by Gasteiger charge is 2.22. The van der Waals surface area contributed by atoms with Crippen molar-refractivity contribution in [3.63, 3.8) is 0 Å². The fraction of sp³-hybridized carbons (Fsp3) is 0.667. The van der Waals surface area contributed by atoms with E-state index in [-0.39, 0.29) is 11.9 Å². The lowest BCUT2D eigenvalue weighted by molar-refractivity contribution is -0.118. The van der Waals surface area contributed by atoms with Crippen molar-refractivity contribution in [1.29, 1.82) is 0 Å². The Morgan fingerprint density at radius 2 is 1.69 bits per heavy atom. The molecule has 0 aliphatic rings. The van der Waals surface area contributed by atoms with Crippen molar-refractivity contribution in [3.8, 4) is 0 Å². The maximum absolute atomic E-state index is 12.7. The number of carbonyl (C=O) groups is 1. The number of hydrogen-bond acceptors (Lipinski definition) is 4. The second kappa shape index (κ2) is 12.0. The zero-order chi connectivity index (χ0) is 19.5. The van der Waals surface area contributed by atoms with Gasteiger partial charge in [0.2, 0.25) is 5.91 Å². The van der Waals surface area contributed by atoms with Crippen LogP contribution in [0.1, 0.15) is 38.8 Å². The number of anilines is 1. The number of ether oxygens (including phenoxy) is 1. The maximum atomic E-state index is 12.7. The van der Waals surface area contributed by atoms with Crippen LogP contribution in [0.2, 0.25) is 0 Å². The van der Waals surface area contributed by atoms with E-state index in [2.05, 4.69) is 35.9 Å². The van der Waals surface area contributed by atoms with Crippen LogP contribution in [0.3, 0.4) is 0 Å². The van der Waals surface area contributed by atoms with Gasteiger partial charge in [-0.2, -0.15) is 0 Å². The van der Waals surface area contributed by atoms with Crippen molar-refractivity contribution in [2.75, 3.05) is 51.3 Å². The van der Waals surface area contributed by atoms with Gasteiger partial charge in [-0.15, -0.1) is 0 Å². The molecule has 0 spiro atoms. The van der Waals surface area contributed by atoms with E-state index < -0.39 is 0 Å². The largest absolute Gasteiger partial charge is 0.380 e. The highest BCUT2D eigenvalue weighted by molar-refractivity contribution is 5.93. The molecule has 0 radical (unpaired) electrons. The number of amides is 1. The Balaban J connectivity index is 2.80. The van der Waals surface area contributed by atoms with Crippen LogP contribution in [0, 0.1) is 13.8 Å². The molecule has 1 atom stereocenters. The molecule has 148 valence electrons. The molecule has 1 rings (SSSR count). The van der Waals surface area contributed by atoms with Crippen LogP contribution in [0.4, 0.5) is 5.69 Å². The molecule has 1 N–H and O–H groups in total. The van der Waals surface area contributed by atoms with E-state index in [1.165, 1.54) is 0 Å². The van der Waals surface area contributed by atoms with Crippen LogP contribution in [0.5, 0.6) is 0 Å². The third kappa shape index (κ3) is 7.06. The summed E-state index contributed by atoms with van der Waals surface area (Å²) in [5.74, 6) is 0.0327. The van der Waals surface area contributed by atoms with Gasteiger partial charge in [-0.1, -0.05) is 39.0 Å². The highest BCUT2D eigenvalue weighted by Crippen LogP contribution is 2.19. The van der Waals surface area contributed by atoms with Gasteiger partial charge in [0, 0.05) is 24.9 Å². The minimum absolute atomic E-state index is 0.0327. The zero-order valence-corrected chi connectivity index (χ0v) is 17.5. The van der Waals surface area contributed by atoms with Crippen LogP contribution in [-0.4, -0.2) is 67.7 Å². The van der Waals surface area contributed by atoms with Gasteiger partial charge in [0.1, 0.15) is 0 Å². The van der Waals surface area contributed by atoms with Gasteiger partial charge in [-0.05, 0) is 51.5 Å². The summed E-state index contributed by atoms with van der Waals surface area (Å²) in [7, 11) is 0. The van der Waals surface area contributed by atoms with E-state index in [0.717, 1.165) is 43.0 Å². The maximum Gasteiger partial charge on any atom is 0.238 e. The van der Waals surface area contributed by atoms with Crippen molar-refractivity contribution in [3.05, 3.63) is 29.3 Å². The summed E-state index contributed by atoms with van der Waals surface area (Å²) in [5.41, 5.74) is 3.12. The van der Waals surface area contributed by atoms with Crippen molar-refractivity contribution < 1.29 is 9.53 Å². The van der Waals surface area contributed by atoms with Gasteiger partial charge < -0.3 is 15.0 Å². The van der Waals surface area contributed by atoms with Gasteiger partial charge in [-0.25, -0.2) is 0 Å². The van der Waals surface area contributed by atoms with Crippen molar-refractivity contribution in [1.82, 2.24) is 9.80 Å². The van der Waals surface area contributed by atoms with E-state index in [1.54, 1.807) is 0 Å². The second-order valence-corrected chi connectivity index (χ2v) is 6.68. The molecule has 0 aromatic heterocycles. The molecule has 26 heavy (non-hydrogen) atoms. The summed E-state index contributed by atoms with van der Waals surface area (Å²) < 4.78 is 5.71. The van der Waals surface area contributed by atoms with E-state index in [9.17, 15) is 4.79 Å². The average Bonchev–Trinajstić information content (AvgIpc) is 2.63. The number of nitrogens with zero attached hydrogens (tertiary/aromatic N) is 2. The minimum atomic E-state index is 0.0327. The van der Waals surface area contributed by atoms with Crippen LogP contribution < -0.4 is 5.32 Å². The zero-order valence-electron chi connectivity index (χ0n) is 17.5. The minimum Gasteiger partial charge on any atom is -0.380 e. The number of carbonyl (C=O) groups excluding carboxylic acids is 1. The topological polar surface area (TPSA) is 44.8 Å². The van der Waals surface area contributed by atoms with E-state index in [4.69, 9.17) is 4.74 Å². The smallest absolute Gasteiger partial charge is 0.238 e. The molecular weight excluding hydrogens is 326 g/mol. The van der Waals surface area contributed by atoms with Gasteiger partial charge >= 0.3 is 0 Å². The predicted molar refractivity (Wildman–Crippen MR) is 110 cm³/mol. The monoisotopic (exact) mass is 363 g/mol. The van der Waals surface area contributed by atoms with Crippen LogP contribution in [0.15, 0.2) is 18.2 Å². The Morgan fingerprint density at radius 3 is 2.19 bits per heavy atom. The summed E-state index contributed by atoms with van der Waals surface area (Å²) in [4.78, 5) is 17.3. The first kappa shape index (κ1) is 22.6. The third-order valence-electron chi connectivity index (χ3n) is 4.89. The highest BCUT2D eigenvalue weighted by atomic mass is 16.5. The molecule has 1 aromatic carbocycles. The molecule has 0 heterocycles. The van der Waals surface area contributed by atoms with Crippen LogP contribution >= 0.6 is 0 Å². The summed E-state index contributed by atoms with van der Waals surface area (Å²) in [6, 6.07) is 6.28. The SMILES string of the molecule is CCOC[C@H](CN(CC)CC)N(CC)CC(=O)Nc1c(C)cccc1C. The third-order valence-corrected chi connectivity index (χ3v) is 4.89. The number of hydrogen-bond donors (Lipinski definition) is 1. The summed E-state index contributed by atoms with van der Waals surface area (Å²) >= 11 is 0. The Hall–Kier alpha value is -1.43. The van der Waals surface area contributed by atoms with Gasteiger partial charge in [-0.3, -0.25) is 9.69 Å². The molecule has 0 fully saturated rings. The quantitative estimate of drug-likeness (QED) is 0.619. The lowest BCUT2D eigenvalue weighted by atomic mass is 10.1. The fourth-order valence-corrected chi connectivity index (χ4v) is 3.18. The first-order valence-corrected chi connectivity index (χ1v) is 9.86. The number of likely N-dealkylation sites (N-methyl/N-ethyl adjacent to an activating group) is 2. The molecule has 0 aliphatic carbocycles. The molecule has 1 amide bonds. The van der Waals surface area contributed by atoms with E-state index in [1.807, 2.05) is 39.0 Å². The molecule has 5 nitrogen and oxygen atoms in total. The molecule has 0 saturated carbocycles. The number of nitrogens with one attached hydrogen (secondary N) is 1. The van der Waals surface area contributed by atoms with Gasteiger partial charge in [0.25, 0.3) is 0 Å². The lowest BCUT2D eigenvalue weighted by Crippen LogP contribution is -2.49. The summed E-state index contributed by atoms with van der Waals surface area (Å²) in [6.07, 6.45) is 0. The fourth-order valence-electron chi connectivity index (χ4n) is 3.18. The average molecular weight is 364 g/mol. The Bertz CT molecular complexity index is 524. The summed E-state index contributed by atoms with van der Waals surface area (Å²) in [5, 5.41) is 3.10. The molecular formula is C21H37N3O2. The molecule has 1 aromatic rings. The number of para-hydroxylation sites is 1. The number of aryl methyl sites for hydroxylation is 2. The number of rotatable bonds is 12. The van der Waals surface area contributed by atoms with Gasteiger partial charge in [0.05, 0.1) is 13.2 Å². The second-order valence-electron chi connectivity index (χ2n) is 6.68. The molecule has 0 aliphatic heterocycles. The van der Waals surface area contributed by atoms with E-state index in [0.29, 0.717) is 19.8 Å². The van der Waals surface area contributed by atoms with Gasteiger partial charge in [0.15, 0.2) is 0 Å². The molecule has 0 unspecified atom stereocenters. The normalized spacial score (nSPS) is 12.6. The standard InChI is InChI=1S/C21H37N3O2/c1-7-23(8-2)14-19(16-26-10-4)24(9-3)15-20(25)22-21-17(5)12-11-13-18(21)6/h11-13,19H,7-10,14-16H2,1-6H3,(H,22,25)/t19-/m0/s1. The van der Waals surface area contributed by atoms with Crippen molar-refractivity contribution >= 4 is 11.6 Å². The predicted octanol–water partition coefficient (Wildman–Crippen LogP) is 3.31. The Kier molecular flexibility index (Phi) is 10.5. The lowest BCUT2D eigenvalue weighted by Gasteiger charge is -2.33. The van der Waals surface area contributed by atoms with Crippen LogP contribution in [-0.2, 0) is 9.53 Å². The molecule has 0 saturated heterocycles. The first-order chi connectivity index (χ1) is 12.5. The Morgan fingerprint density at radius 1 is 1.08 bits per heavy atom. The van der Waals surface area contributed by atoms with Crippen molar-refractivity contribution in [2.24, 2.45) is 0 Å². The summed E-state index contributed by atoms with van der Waals surface area (Å²) in [6.45, 7) is 18.0. The molecule has 0 bridgehead atoms. The van der Waals surface area contributed by atoms with Crippen molar-refractivity contribution in [2.45, 2.75) is 47.6 Å². The molecule has 5 heteroatoms. The number of benzene rings is 1. The Labute approximate surface area is 159 Å².